The highest BCUT2D eigenvalue weighted by Crippen LogP contribution is 2.25. The van der Waals surface area contributed by atoms with Crippen LogP contribution in [-0.4, -0.2) is 19.7 Å². The predicted molar refractivity (Wildman–Crippen MR) is 79.8 cm³/mol. The molecule has 0 bridgehead atoms. The van der Waals surface area contributed by atoms with E-state index in [0.29, 0.717) is 18.0 Å². The number of nitrogens with one attached hydrogen (secondary N) is 1. The third-order valence-electron chi connectivity index (χ3n) is 3.20. The summed E-state index contributed by atoms with van der Waals surface area (Å²) in [6.45, 7) is 2.40. The van der Waals surface area contributed by atoms with Crippen LogP contribution >= 0.6 is 11.6 Å². The largest absolute Gasteiger partial charge is 0.365 e. The number of aromatic nitrogens is 4. The minimum Gasteiger partial charge on any atom is -0.365 e. The highest BCUT2D eigenvalue weighted by molar-refractivity contribution is 6.28. The summed E-state index contributed by atoms with van der Waals surface area (Å²) in [7, 11) is 1.81. The highest BCUT2D eigenvalue weighted by Gasteiger charge is 2.14. The van der Waals surface area contributed by atoms with E-state index in [0.717, 1.165) is 16.6 Å². The van der Waals surface area contributed by atoms with E-state index in [1.807, 2.05) is 14.0 Å². The van der Waals surface area contributed by atoms with Gasteiger partial charge in [0, 0.05) is 13.6 Å². The average molecular weight is 306 g/mol. The Hall–Kier alpha value is -2.21. The molecule has 3 rings (SSSR count). The van der Waals surface area contributed by atoms with Crippen LogP contribution < -0.4 is 5.32 Å². The van der Waals surface area contributed by atoms with Crippen LogP contribution in [0.5, 0.6) is 0 Å². The third-order valence-corrected chi connectivity index (χ3v) is 3.37. The molecule has 0 unspecified atom stereocenters. The van der Waals surface area contributed by atoms with Gasteiger partial charge in [-0.05, 0) is 36.2 Å². The summed E-state index contributed by atoms with van der Waals surface area (Å²) >= 11 is 5.95. The van der Waals surface area contributed by atoms with Gasteiger partial charge in [0.1, 0.15) is 11.6 Å². The normalized spacial score (nSPS) is 11.0. The van der Waals surface area contributed by atoms with Gasteiger partial charge >= 0.3 is 0 Å². The molecule has 2 aromatic heterocycles. The molecular formula is C14H13ClFN5. The first-order valence-corrected chi connectivity index (χ1v) is 6.77. The summed E-state index contributed by atoms with van der Waals surface area (Å²) < 4.78 is 14.6. The molecule has 0 spiro atoms. The second-order valence-corrected chi connectivity index (χ2v) is 5.07. The van der Waals surface area contributed by atoms with E-state index in [1.165, 1.54) is 12.1 Å². The number of fused-ring (bicyclic) bond motifs is 1. The van der Waals surface area contributed by atoms with Crippen LogP contribution in [0, 0.1) is 12.7 Å². The van der Waals surface area contributed by atoms with Gasteiger partial charge in [-0.1, -0.05) is 12.1 Å². The molecule has 1 aromatic carbocycles. The summed E-state index contributed by atoms with van der Waals surface area (Å²) in [4.78, 5) is 8.41. The Morgan fingerprint density at radius 1 is 1.24 bits per heavy atom. The lowest BCUT2D eigenvalue weighted by molar-refractivity contribution is 0.627. The van der Waals surface area contributed by atoms with E-state index < -0.39 is 0 Å². The summed E-state index contributed by atoms with van der Waals surface area (Å²) in [5.74, 6) is 0.370. The van der Waals surface area contributed by atoms with Crippen molar-refractivity contribution < 1.29 is 4.39 Å². The number of anilines is 1. The molecule has 0 saturated carbocycles. The van der Waals surface area contributed by atoms with Crippen molar-refractivity contribution in [3.8, 4) is 0 Å². The molecule has 7 heteroatoms. The fourth-order valence-corrected chi connectivity index (χ4v) is 2.39. The van der Waals surface area contributed by atoms with Crippen molar-refractivity contribution in [2.45, 2.75) is 13.5 Å². The zero-order valence-corrected chi connectivity index (χ0v) is 12.3. The topological polar surface area (TPSA) is 55.6 Å². The molecule has 5 nitrogen and oxygen atoms in total. The second-order valence-electron chi connectivity index (χ2n) is 4.73. The van der Waals surface area contributed by atoms with Crippen molar-refractivity contribution in [2.24, 2.45) is 7.05 Å². The number of benzene rings is 1. The van der Waals surface area contributed by atoms with Crippen molar-refractivity contribution in [2.75, 3.05) is 5.32 Å². The van der Waals surface area contributed by atoms with Crippen molar-refractivity contribution in [3.63, 3.8) is 0 Å². The Kier molecular flexibility index (Phi) is 3.47. The second kappa shape index (κ2) is 5.29. The van der Waals surface area contributed by atoms with E-state index in [1.54, 1.807) is 16.8 Å². The predicted octanol–water partition coefficient (Wildman–Crippen LogP) is 3.08. The van der Waals surface area contributed by atoms with Gasteiger partial charge in [0.15, 0.2) is 5.65 Å². The Balaban J connectivity index is 1.94. The quantitative estimate of drug-likeness (QED) is 0.756. The maximum Gasteiger partial charge on any atom is 0.226 e. The van der Waals surface area contributed by atoms with Crippen LogP contribution in [0.15, 0.2) is 24.3 Å². The minimum absolute atomic E-state index is 0.159. The average Bonchev–Trinajstić information content (AvgIpc) is 2.73. The molecule has 0 aliphatic carbocycles. The lowest BCUT2D eigenvalue weighted by Gasteiger charge is -2.07. The summed E-state index contributed by atoms with van der Waals surface area (Å²) in [5, 5.41) is 8.53. The smallest absolute Gasteiger partial charge is 0.226 e. The molecule has 108 valence electrons. The molecule has 2 heterocycles. The molecule has 0 aliphatic heterocycles. The number of rotatable bonds is 3. The van der Waals surface area contributed by atoms with E-state index in [2.05, 4.69) is 20.4 Å². The van der Waals surface area contributed by atoms with Gasteiger partial charge in [-0.15, -0.1) is 0 Å². The van der Waals surface area contributed by atoms with Crippen LogP contribution in [0.25, 0.3) is 11.0 Å². The van der Waals surface area contributed by atoms with Crippen LogP contribution in [-0.2, 0) is 13.6 Å². The molecule has 0 atom stereocenters. The monoisotopic (exact) mass is 305 g/mol. The van der Waals surface area contributed by atoms with Crippen molar-refractivity contribution in [3.05, 3.63) is 46.6 Å². The van der Waals surface area contributed by atoms with Gasteiger partial charge in [0.05, 0.1) is 11.1 Å². The standard InChI is InChI=1S/C14H13ClFN5/c1-8-11-12(17-7-9-3-5-10(16)6-4-9)18-14(15)19-13(11)21(2)20-8/h3-6H,7H2,1-2H3,(H,17,18,19). The molecular weight excluding hydrogens is 293 g/mol. The van der Waals surface area contributed by atoms with Gasteiger partial charge < -0.3 is 5.32 Å². The zero-order chi connectivity index (χ0) is 15.0. The van der Waals surface area contributed by atoms with E-state index >= 15 is 0 Å². The molecule has 0 fully saturated rings. The Morgan fingerprint density at radius 2 is 1.95 bits per heavy atom. The minimum atomic E-state index is -0.255. The Labute approximate surface area is 125 Å². The van der Waals surface area contributed by atoms with Gasteiger partial charge in [-0.2, -0.15) is 15.1 Å². The lowest BCUT2D eigenvalue weighted by atomic mass is 10.2. The van der Waals surface area contributed by atoms with Crippen molar-refractivity contribution in [1.82, 2.24) is 19.7 Å². The maximum absolute atomic E-state index is 12.9. The zero-order valence-electron chi connectivity index (χ0n) is 11.6. The van der Waals surface area contributed by atoms with E-state index in [-0.39, 0.29) is 11.1 Å². The summed E-state index contributed by atoms with van der Waals surface area (Å²) in [6.07, 6.45) is 0. The van der Waals surface area contributed by atoms with Crippen LogP contribution in [0.4, 0.5) is 10.2 Å². The number of halogens is 2. The number of hydrogen-bond donors (Lipinski definition) is 1. The SMILES string of the molecule is Cc1nn(C)c2nc(Cl)nc(NCc3ccc(F)cc3)c12. The lowest BCUT2D eigenvalue weighted by Crippen LogP contribution is -2.03. The fourth-order valence-electron chi connectivity index (χ4n) is 2.23. The molecule has 3 aromatic rings. The van der Waals surface area contributed by atoms with Crippen molar-refractivity contribution in [1.29, 1.82) is 0 Å². The molecule has 0 radical (unpaired) electrons. The van der Waals surface area contributed by atoms with Gasteiger partial charge in [-0.25, -0.2) is 9.07 Å². The van der Waals surface area contributed by atoms with Crippen LogP contribution in [0.2, 0.25) is 5.28 Å². The Bertz CT molecular complexity index is 797. The summed E-state index contributed by atoms with van der Waals surface area (Å²) in [5.41, 5.74) is 2.45. The van der Waals surface area contributed by atoms with Gasteiger partial charge in [-0.3, -0.25) is 0 Å². The highest BCUT2D eigenvalue weighted by atomic mass is 35.5. The number of aryl methyl sites for hydroxylation is 2. The fraction of sp³-hybridized carbons (Fsp3) is 0.214. The molecule has 0 aliphatic rings. The van der Waals surface area contributed by atoms with E-state index in [9.17, 15) is 4.39 Å². The molecule has 21 heavy (non-hydrogen) atoms. The van der Waals surface area contributed by atoms with E-state index in [4.69, 9.17) is 11.6 Å². The van der Waals surface area contributed by atoms with Gasteiger partial charge in [0.25, 0.3) is 0 Å². The van der Waals surface area contributed by atoms with Gasteiger partial charge in [0.2, 0.25) is 5.28 Å². The first-order chi connectivity index (χ1) is 10.0. The third kappa shape index (κ3) is 2.67. The van der Waals surface area contributed by atoms with Crippen LogP contribution in [0.3, 0.4) is 0 Å². The van der Waals surface area contributed by atoms with Crippen LogP contribution in [0.1, 0.15) is 11.3 Å². The number of nitrogens with zero attached hydrogens (tertiary/aromatic N) is 4. The number of hydrogen-bond acceptors (Lipinski definition) is 4. The van der Waals surface area contributed by atoms with Crippen molar-refractivity contribution >= 4 is 28.5 Å². The molecule has 0 saturated heterocycles. The molecule has 0 amide bonds. The first-order valence-electron chi connectivity index (χ1n) is 6.40. The molecule has 1 N–H and O–H groups in total. The summed E-state index contributed by atoms with van der Waals surface area (Å²) in [6, 6.07) is 6.29. The first kappa shape index (κ1) is 13.8. The maximum atomic E-state index is 12.9. The Morgan fingerprint density at radius 3 is 2.67 bits per heavy atom.